The molecule has 0 radical (unpaired) electrons. The van der Waals surface area contributed by atoms with E-state index in [2.05, 4.69) is 4.72 Å². The minimum Gasteiger partial charge on any atom is -0.492 e. The van der Waals surface area contributed by atoms with Crippen LogP contribution < -0.4 is 9.46 Å². The maximum Gasteiger partial charge on any atom is 0.244 e. The molecule has 180 valence electrons. The lowest BCUT2D eigenvalue weighted by Gasteiger charge is -2.35. The smallest absolute Gasteiger partial charge is 0.244 e. The van der Waals surface area contributed by atoms with Crippen molar-refractivity contribution in [3.8, 4) is 16.9 Å². The van der Waals surface area contributed by atoms with E-state index in [0.29, 0.717) is 17.7 Å². The first kappa shape index (κ1) is 24.1. The minimum atomic E-state index is -4.03. The molecule has 1 heterocycles. The molecule has 0 bridgehead atoms. The first-order valence-electron chi connectivity index (χ1n) is 10.8. The highest BCUT2D eigenvalue weighted by atomic mass is 32.2. The van der Waals surface area contributed by atoms with Crippen molar-refractivity contribution in [2.24, 2.45) is 5.41 Å². The zero-order chi connectivity index (χ0) is 23.8. The predicted molar refractivity (Wildman–Crippen MR) is 120 cm³/mol. The molecule has 1 aliphatic carbocycles. The number of benzene rings is 2. The number of aliphatic hydroxyl groups is 3. The van der Waals surface area contributed by atoms with E-state index in [-0.39, 0.29) is 43.2 Å². The molecular formula is C23H29FN2O6S. The third kappa shape index (κ3) is 5.21. The Labute approximate surface area is 192 Å². The van der Waals surface area contributed by atoms with E-state index >= 15 is 0 Å². The molecule has 0 aromatic heterocycles. The Bertz CT molecular complexity index is 1100. The van der Waals surface area contributed by atoms with Crippen molar-refractivity contribution in [2.75, 3.05) is 33.3 Å². The fourth-order valence-electron chi connectivity index (χ4n) is 4.82. The van der Waals surface area contributed by atoms with Gasteiger partial charge in [-0.3, -0.25) is 0 Å². The Morgan fingerprint density at radius 2 is 1.82 bits per heavy atom. The molecule has 1 fully saturated rings. The molecule has 10 heteroatoms. The highest BCUT2D eigenvalue weighted by Crippen LogP contribution is 2.41. The standard InChI is InChI=1S/C23H29FN2O6S/c1-26-12-16(27)11-25-33(30,31)22-7-6-15(17-4-2-3-5-18(17)24)8-21(22)32-14-23(13-26)9-19(28)20(29)10-23/h2-8,16,19-20,25,27-29H,9-14H2,1H3/t16-,19-,20+,23?/m0/s1. The summed E-state index contributed by atoms with van der Waals surface area (Å²) in [5, 5.41) is 30.8. The second-order valence-electron chi connectivity index (χ2n) is 9.18. The SMILES string of the molecule is CN1C[C@@H](O)CNS(=O)(=O)c2ccc(-c3ccccc3F)cc2OCC2(C[C@@H](O)[C@@H](O)C2)C1. The van der Waals surface area contributed by atoms with Crippen molar-refractivity contribution in [1.29, 1.82) is 0 Å². The number of hydrogen-bond donors (Lipinski definition) is 4. The molecule has 2 aliphatic rings. The first-order valence-corrected chi connectivity index (χ1v) is 12.3. The van der Waals surface area contributed by atoms with E-state index < -0.39 is 39.6 Å². The maximum atomic E-state index is 14.4. The van der Waals surface area contributed by atoms with E-state index in [4.69, 9.17) is 4.74 Å². The molecule has 2 aromatic rings. The van der Waals surface area contributed by atoms with Gasteiger partial charge >= 0.3 is 0 Å². The molecule has 1 aliphatic heterocycles. The second-order valence-corrected chi connectivity index (χ2v) is 10.9. The van der Waals surface area contributed by atoms with Crippen molar-refractivity contribution in [1.82, 2.24) is 9.62 Å². The van der Waals surface area contributed by atoms with Crippen LogP contribution in [0.3, 0.4) is 0 Å². The van der Waals surface area contributed by atoms with Gasteiger partial charge < -0.3 is 25.0 Å². The van der Waals surface area contributed by atoms with Gasteiger partial charge in [-0.05, 0) is 43.7 Å². The van der Waals surface area contributed by atoms with E-state index in [1.807, 2.05) is 4.90 Å². The van der Waals surface area contributed by atoms with Crippen molar-refractivity contribution in [3.63, 3.8) is 0 Å². The van der Waals surface area contributed by atoms with Crippen LogP contribution in [0.2, 0.25) is 0 Å². The summed E-state index contributed by atoms with van der Waals surface area (Å²) in [5.74, 6) is -0.411. The van der Waals surface area contributed by atoms with Gasteiger partial charge in [0.25, 0.3) is 0 Å². The van der Waals surface area contributed by atoms with Crippen LogP contribution in [-0.2, 0) is 10.0 Å². The molecule has 0 amide bonds. The molecule has 1 saturated carbocycles. The summed E-state index contributed by atoms with van der Waals surface area (Å²) in [6, 6.07) is 10.5. The maximum absolute atomic E-state index is 14.4. The van der Waals surface area contributed by atoms with E-state index in [1.54, 1.807) is 25.2 Å². The fraction of sp³-hybridized carbons (Fsp3) is 0.478. The number of hydrogen-bond acceptors (Lipinski definition) is 7. The number of rotatable bonds is 1. The molecule has 33 heavy (non-hydrogen) atoms. The lowest BCUT2D eigenvalue weighted by molar-refractivity contribution is 0.0438. The van der Waals surface area contributed by atoms with Crippen molar-refractivity contribution in [2.45, 2.75) is 36.0 Å². The number of fused-ring (bicyclic) bond motifs is 1. The molecule has 8 nitrogen and oxygen atoms in total. The summed E-state index contributed by atoms with van der Waals surface area (Å²) >= 11 is 0. The average Bonchev–Trinajstić information content (AvgIpc) is 3.03. The number of likely N-dealkylation sites (N-methyl/N-ethyl adjacent to an activating group) is 1. The quantitative estimate of drug-likeness (QED) is 0.480. The van der Waals surface area contributed by atoms with Crippen LogP contribution in [-0.4, -0.2) is 80.2 Å². The van der Waals surface area contributed by atoms with Crippen LogP contribution >= 0.6 is 0 Å². The monoisotopic (exact) mass is 480 g/mol. The number of ether oxygens (including phenoxy) is 1. The van der Waals surface area contributed by atoms with Gasteiger partial charge in [-0.2, -0.15) is 0 Å². The van der Waals surface area contributed by atoms with Crippen LogP contribution in [0.25, 0.3) is 11.1 Å². The summed E-state index contributed by atoms with van der Waals surface area (Å²) in [5.41, 5.74) is 0.0957. The fourth-order valence-corrected chi connectivity index (χ4v) is 6.01. The Kier molecular flexibility index (Phi) is 6.77. The van der Waals surface area contributed by atoms with Crippen LogP contribution in [0, 0.1) is 11.2 Å². The highest BCUT2D eigenvalue weighted by molar-refractivity contribution is 7.89. The Balaban J connectivity index is 1.77. The topological polar surface area (TPSA) is 119 Å². The lowest BCUT2D eigenvalue weighted by Crippen LogP contribution is -2.45. The zero-order valence-electron chi connectivity index (χ0n) is 18.3. The Morgan fingerprint density at radius 3 is 2.52 bits per heavy atom. The van der Waals surface area contributed by atoms with E-state index in [9.17, 15) is 28.1 Å². The normalized spacial score (nSPS) is 30.8. The summed E-state index contributed by atoms with van der Waals surface area (Å²) in [6.45, 7) is 0.465. The third-order valence-electron chi connectivity index (χ3n) is 6.32. The van der Waals surface area contributed by atoms with Gasteiger partial charge in [0.2, 0.25) is 10.0 Å². The Hall–Kier alpha value is -2.08. The van der Waals surface area contributed by atoms with Crippen molar-refractivity contribution < 1.29 is 32.9 Å². The molecule has 4 rings (SSSR count). The third-order valence-corrected chi connectivity index (χ3v) is 7.78. The summed E-state index contributed by atoms with van der Waals surface area (Å²) < 4.78 is 48.8. The lowest BCUT2D eigenvalue weighted by atomic mass is 9.86. The van der Waals surface area contributed by atoms with Crippen LogP contribution in [0.15, 0.2) is 47.4 Å². The molecular weight excluding hydrogens is 451 g/mol. The minimum absolute atomic E-state index is 0.0325. The predicted octanol–water partition coefficient (Wildman–Crippen LogP) is 0.958. The van der Waals surface area contributed by atoms with E-state index in [0.717, 1.165) is 0 Å². The molecule has 1 unspecified atom stereocenters. The second kappa shape index (κ2) is 9.28. The molecule has 4 N–H and O–H groups in total. The van der Waals surface area contributed by atoms with Crippen LogP contribution in [0.4, 0.5) is 4.39 Å². The van der Waals surface area contributed by atoms with Gasteiger partial charge in [-0.1, -0.05) is 24.3 Å². The van der Waals surface area contributed by atoms with Crippen LogP contribution in [0.1, 0.15) is 12.8 Å². The average molecular weight is 481 g/mol. The first-order chi connectivity index (χ1) is 15.6. The number of sulfonamides is 1. The van der Waals surface area contributed by atoms with Crippen molar-refractivity contribution >= 4 is 10.0 Å². The van der Waals surface area contributed by atoms with Gasteiger partial charge in [0.1, 0.15) is 16.5 Å². The largest absolute Gasteiger partial charge is 0.492 e. The molecule has 4 atom stereocenters. The molecule has 2 aromatic carbocycles. The highest BCUT2D eigenvalue weighted by Gasteiger charge is 2.46. The number of nitrogens with zero attached hydrogens (tertiary/aromatic N) is 1. The number of aliphatic hydroxyl groups excluding tert-OH is 3. The Morgan fingerprint density at radius 1 is 1.12 bits per heavy atom. The number of halogens is 1. The van der Waals surface area contributed by atoms with Gasteiger partial charge in [-0.15, -0.1) is 0 Å². The van der Waals surface area contributed by atoms with Gasteiger partial charge in [0.15, 0.2) is 0 Å². The summed E-state index contributed by atoms with van der Waals surface area (Å²) in [4.78, 5) is 1.71. The van der Waals surface area contributed by atoms with Gasteiger partial charge in [0, 0.05) is 30.6 Å². The zero-order valence-corrected chi connectivity index (χ0v) is 19.1. The van der Waals surface area contributed by atoms with Gasteiger partial charge in [0.05, 0.1) is 24.9 Å². The number of nitrogens with one attached hydrogen (secondary N) is 1. The summed E-state index contributed by atoms with van der Waals surface area (Å²) in [6.07, 6.45) is -2.27. The molecule has 1 spiro atoms. The van der Waals surface area contributed by atoms with E-state index in [1.165, 1.54) is 24.3 Å². The summed E-state index contributed by atoms with van der Waals surface area (Å²) in [7, 11) is -2.25. The number of β-amino-alcohol motifs (C(OH)–C–C–N with tert-alkyl or cyclic N) is 1. The van der Waals surface area contributed by atoms with Gasteiger partial charge in [-0.25, -0.2) is 17.5 Å². The van der Waals surface area contributed by atoms with Crippen LogP contribution in [0.5, 0.6) is 5.75 Å². The molecule has 0 saturated heterocycles. The van der Waals surface area contributed by atoms with Crippen molar-refractivity contribution in [3.05, 3.63) is 48.3 Å².